The lowest BCUT2D eigenvalue weighted by Gasteiger charge is -2.10. The van der Waals surface area contributed by atoms with Crippen LogP contribution >= 0.6 is 0 Å². The summed E-state index contributed by atoms with van der Waals surface area (Å²) in [7, 11) is 0. The topological polar surface area (TPSA) is 21.3 Å². The van der Waals surface area contributed by atoms with E-state index >= 15 is 0 Å². The van der Waals surface area contributed by atoms with Crippen molar-refractivity contribution in [2.24, 2.45) is 0 Å². The molecule has 3 rings (SSSR count). The van der Waals surface area contributed by atoms with Gasteiger partial charge in [0.1, 0.15) is 23.1 Å². The number of rotatable bonds is 6. The molecule has 0 saturated heterocycles. The van der Waals surface area contributed by atoms with Gasteiger partial charge >= 0.3 is 0 Å². The van der Waals surface area contributed by atoms with Crippen molar-refractivity contribution >= 4 is 0 Å². The van der Waals surface area contributed by atoms with Crippen molar-refractivity contribution < 1.29 is 13.5 Å². The Kier molecular flexibility index (Phi) is 5.41. The molecule has 3 aromatic rings. The number of aryl methyl sites for hydroxylation is 1. The fourth-order valence-corrected chi connectivity index (χ4v) is 2.58. The summed E-state index contributed by atoms with van der Waals surface area (Å²) in [5.41, 5.74) is 3.19. The highest BCUT2D eigenvalue weighted by Crippen LogP contribution is 2.24. The Morgan fingerprint density at radius 2 is 1.32 bits per heavy atom. The lowest BCUT2D eigenvalue weighted by molar-refractivity contribution is 0.479. The smallest absolute Gasteiger partial charge is 0.128 e. The standard InChI is InChI=1S/C21H19F2NO/c1-15-10-17(14-24-13-16-2-4-18(22)5-3-16)12-21(11-15)25-20-8-6-19(23)7-9-20/h2-12,24H,13-14H2,1H3. The summed E-state index contributed by atoms with van der Waals surface area (Å²) in [6.07, 6.45) is 0. The van der Waals surface area contributed by atoms with E-state index < -0.39 is 0 Å². The third-order valence-electron chi connectivity index (χ3n) is 3.73. The number of nitrogens with one attached hydrogen (secondary N) is 1. The number of benzene rings is 3. The molecule has 0 aromatic heterocycles. The van der Waals surface area contributed by atoms with E-state index in [2.05, 4.69) is 11.4 Å². The molecule has 3 aromatic carbocycles. The van der Waals surface area contributed by atoms with Crippen LogP contribution in [0, 0.1) is 18.6 Å². The van der Waals surface area contributed by atoms with Crippen LogP contribution in [0.1, 0.15) is 16.7 Å². The van der Waals surface area contributed by atoms with Crippen molar-refractivity contribution in [2.75, 3.05) is 0 Å². The van der Waals surface area contributed by atoms with Crippen LogP contribution in [0.2, 0.25) is 0 Å². The molecular weight excluding hydrogens is 320 g/mol. The summed E-state index contributed by atoms with van der Waals surface area (Å²) in [5.74, 6) is 0.787. The highest BCUT2D eigenvalue weighted by atomic mass is 19.1. The van der Waals surface area contributed by atoms with Gasteiger partial charge in [0.25, 0.3) is 0 Å². The van der Waals surface area contributed by atoms with Gasteiger partial charge in [0.05, 0.1) is 0 Å². The van der Waals surface area contributed by atoms with Crippen LogP contribution in [0.25, 0.3) is 0 Å². The first-order chi connectivity index (χ1) is 12.1. The first kappa shape index (κ1) is 17.1. The summed E-state index contributed by atoms with van der Waals surface area (Å²) in [5, 5.41) is 3.34. The van der Waals surface area contributed by atoms with Crippen molar-refractivity contribution in [1.82, 2.24) is 5.32 Å². The molecule has 0 amide bonds. The normalized spacial score (nSPS) is 10.7. The molecule has 0 fully saturated rings. The maximum Gasteiger partial charge on any atom is 0.128 e. The van der Waals surface area contributed by atoms with E-state index in [-0.39, 0.29) is 11.6 Å². The summed E-state index contributed by atoms with van der Waals surface area (Å²) >= 11 is 0. The quantitative estimate of drug-likeness (QED) is 0.653. The average Bonchev–Trinajstić information content (AvgIpc) is 2.58. The third-order valence-corrected chi connectivity index (χ3v) is 3.73. The molecule has 0 aliphatic carbocycles. The number of ether oxygens (including phenoxy) is 1. The Balaban J connectivity index is 1.62. The molecule has 0 spiro atoms. The maximum absolute atomic E-state index is 13.0. The molecule has 4 heteroatoms. The highest BCUT2D eigenvalue weighted by Gasteiger charge is 2.03. The summed E-state index contributed by atoms with van der Waals surface area (Å²) in [6.45, 7) is 3.32. The van der Waals surface area contributed by atoms with Crippen LogP contribution in [0.5, 0.6) is 11.5 Å². The highest BCUT2D eigenvalue weighted by molar-refractivity contribution is 5.37. The average molecular weight is 339 g/mol. The number of halogens is 2. The molecule has 0 saturated carbocycles. The van der Waals surface area contributed by atoms with Crippen molar-refractivity contribution in [1.29, 1.82) is 0 Å². The minimum atomic E-state index is -0.290. The Hall–Kier alpha value is -2.72. The molecular formula is C21H19F2NO. The monoisotopic (exact) mass is 339 g/mol. The van der Waals surface area contributed by atoms with Crippen LogP contribution in [-0.4, -0.2) is 0 Å². The van der Waals surface area contributed by atoms with Gasteiger partial charge < -0.3 is 10.1 Å². The van der Waals surface area contributed by atoms with E-state index in [4.69, 9.17) is 4.74 Å². The molecule has 0 bridgehead atoms. The molecule has 2 nitrogen and oxygen atoms in total. The Bertz CT molecular complexity index is 830. The van der Waals surface area contributed by atoms with Gasteiger partial charge in [-0.25, -0.2) is 8.78 Å². The minimum absolute atomic E-state index is 0.231. The van der Waals surface area contributed by atoms with Crippen LogP contribution in [0.15, 0.2) is 66.7 Å². The van der Waals surface area contributed by atoms with Crippen LogP contribution in [0.3, 0.4) is 0 Å². The van der Waals surface area contributed by atoms with Crippen molar-refractivity contribution in [3.8, 4) is 11.5 Å². The number of hydrogen-bond acceptors (Lipinski definition) is 2. The van der Waals surface area contributed by atoms with Gasteiger partial charge in [0, 0.05) is 13.1 Å². The van der Waals surface area contributed by atoms with Gasteiger partial charge in [-0.05, 0) is 72.1 Å². The minimum Gasteiger partial charge on any atom is -0.457 e. The molecule has 0 aliphatic rings. The zero-order valence-corrected chi connectivity index (χ0v) is 13.9. The molecule has 0 heterocycles. The molecule has 0 aliphatic heterocycles. The van der Waals surface area contributed by atoms with E-state index in [1.165, 1.54) is 24.3 Å². The number of hydrogen-bond donors (Lipinski definition) is 1. The molecule has 0 radical (unpaired) electrons. The second-order valence-corrected chi connectivity index (χ2v) is 5.94. The van der Waals surface area contributed by atoms with Crippen LogP contribution in [-0.2, 0) is 13.1 Å². The van der Waals surface area contributed by atoms with E-state index in [0.29, 0.717) is 24.6 Å². The summed E-state index contributed by atoms with van der Waals surface area (Å²) in [6, 6.07) is 18.4. The van der Waals surface area contributed by atoms with Crippen LogP contribution in [0.4, 0.5) is 8.78 Å². The molecule has 1 N–H and O–H groups in total. The van der Waals surface area contributed by atoms with Crippen molar-refractivity contribution in [2.45, 2.75) is 20.0 Å². The molecule has 0 atom stereocenters. The first-order valence-corrected chi connectivity index (χ1v) is 8.08. The second kappa shape index (κ2) is 7.90. The zero-order chi connectivity index (χ0) is 17.6. The van der Waals surface area contributed by atoms with Crippen molar-refractivity contribution in [3.05, 3.63) is 95.1 Å². The molecule has 25 heavy (non-hydrogen) atoms. The SMILES string of the molecule is Cc1cc(CNCc2ccc(F)cc2)cc(Oc2ccc(F)cc2)c1. The summed E-state index contributed by atoms with van der Waals surface area (Å²) in [4.78, 5) is 0. The van der Waals surface area contributed by atoms with E-state index in [1.807, 2.05) is 19.1 Å². The zero-order valence-electron chi connectivity index (χ0n) is 13.9. The van der Waals surface area contributed by atoms with E-state index in [0.717, 1.165) is 16.7 Å². The van der Waals surface area contributed by atoms with E-state index in [9.17, 15) is 8.78 Å². The Morgan fingerprint density at radius 3 is 2.00 bits per heavy atom. The largest absolute Gasteiger partial charge is 0.457 e. The van der Waals surface area contributed by atoms with E-state index in [1.54, 1.807) is 24.3 Å². The van der Waals surface area contributed by atoms with Gasteiger partial charge in [-0.15, -0.1) is 0 Å². The van der Waals surface area contributed by atoms with Gasteiger partial charge in [-0.2, -0.15) is 0 Å². The molecule has 0 unspecified atom stereocenters. The maximum atomic E-state index is 13.0. The fourth-order valence-electron chi connectivity index (χ4n) is 2.58. The van der Waals surface area contributed by atoms with Gasteiger partial charge in [-0.3, -0.25) is 0 Å². The van der Waals surface area contributed by atoms with Gasteiger partial charge in [0.2, 0.25) is 0 Å². The Labute approximate surface area is 146 Å². The second-order valence-electron chi connectivity index (χ2n) is 5.94. The van der Waals surface area contributed by atoms with Gasteiger partial charge in [-0.1, -0.05) is 18.2 Å². The van der Waals surface area contributed by atoms with Gasteiger partial charge in [0.15, 0.2) is 0 Å². The van der Waals surface area contributed by atoms with Crippen LogP contribution < -0.4 is 10.1 Å². The third kappa shape index (κ3) is 5.13. The first-order valence-electron chi connectivity index (χ1n) is 8.08. The summed E-state index contributed by atoms with van der Waals surface area (Å²) < 4.78 is 31.7. The Morgan fingerprint density at radius 1 is 0.720 bits per heavy atom. The molecule has 128 valence electrons. The predicted molar refractivity (Wildman–Crippen MR) is 94.6 cm³/mol. The lowest BCUT2D eigenvalue weighted by Crippen LogP contribution is -2.12. The predicted octanol–water partition coefficient (Wildman–Crippen LogP) is 5.36. The lowest BCUT2D eigenvalue weighted by atomic mass is 10.1. The fraction of sp³-hybridized carbons (Fsp3) is 0.143. The van der Waals surface area contributed by atoms with Crippen molar-refractivity contribution in [3.63, 3.8) is 0 Å².